The van der Waals surface area contributed by atoms with Crippen molar-refractivity contribution < 1.29 is 9.90 Å². The van der Waals surface area contributed by atoms with Crippen LogP contribution in [0.15, 0.2) is 84.5 Å². The van der Waals surface area contributed by atoms with Crippen LogP contribution < -0.4 is 5.43 Å². The molecule has 0 aliphatic heterocycles. The molecular weight excluding hydrogens is 374 g/mol. The summed E-state index contributed by atoms with van der Waals surface area (Å²) in [5.41, 5.74) is 6.28. The second kappa shape index (κ2) is 8.66. The predicted molar refractivity (Wildman–Crippen MR) is 122 cm³/mol. The molecule has 4 aromatic rings. The molecule has 1 heterocycles. The minimum atomic E-state index is -0.184. The number of nitrogens with zero attached hydrogens (tertiary/aromatic N) is 2. The second-order valence-corrected chi connectivity index (χ2v) is 7.12. The highest BCUT2D eigenvalue weighted by Crippen LogP contribution is 2.28. The molecule has 0 spiro atoms. The number of benzene rings is 3. The number of fused-ring (bicyclic) bond motifs is 3. The lowest BCUT2D eigenvalue weighted by Gasteiger charge is -2.07. The van der Waals surface area contributed by atoms with Gasteiger partial charge < -0.3 is 9.67 Å². The summed E-state index contributed by atoms with van der Waals surface area (Å²) >= 11 is 0. The van der Waals surface area contributed by atoms with Crippen molar-refractivity contribution >= 4 is 33.9 Å². The van der Waals surface area contributed by atoms with Crippen LogP contribution in [0.25, 0.3) is 21.8 Å². The average molecular weight is 397 g/mol. The first-order valence-corrected chi connectivity index (χ1v) is 9.88. The Kier molecular flexibility index (Phi) is 5.61. The summed E-state index contributed by atoms with van der Waals surface area (Å²) in [5.74, 6) is -0.0616. The Morgan fingerprint density at radius 1 is 1.03 bits per heavy atom. The molecule has 0 atom stereocenters. The van der Waals surface area contributed by atoms with E-state index in [9.17, 15) is 9.90 Å². The molecule has 0 bridgehead atoms. The van der Waals surface area contributed by atoms with Crippen LogP contribution in [0.1, 0.15) is 17.5 Å². The molecule has 0 unspecified atom stereocenters. The second-order valence-electron chi connectivity index (χ2n) is 7.12. The van der Waals surface area contributed by atoms with Gasteiger partial charge in [-0.05, 0) is 36.2 Å². The molecule has 0 saturated carbocycles. The van der Waals surface area contributed by atoms with Crippen molar-refractivity contribution in [2.45, 2.75) is 19.4 Å². The van der Waals surface area contributed by atoms with Gasteiger partial charge in [0.1, 0.15) is 5.75 Å². The summed E-state index contributed by atoms with van der Waals surface area (Å²) < 4.78 is 2.16. The van der Waals surface area contributed by atoms with Gasteiger partial charge in [-0.15, -0.1) is 6.58 Å². The van der Waals surface area contributed by atoms with Crippen LogP contribution in [-0.2, 0) is 17.8 Å². The Labute approximate surface area is 175 Å². The van der Waals surface area contributed by atoms with E-state index >= 15 is 0 Å². The molecule has 1 amide bonds. The van der Waals surface area contributed by atoms with Crippen LogP contribution in [0.4, 0.5) is 0 Å². The van der Waals surface area contributed by atoms with Crippen molar-refractivity contribution in [1.29, 1.82) is 0 Å². The number of hydrogen-bond donors (Lipinski definition) is 2. The summed E-state index contributed by atoms with van der Waals surface area (Å²) in [5, 5.41) is 16.4. The molecule has 5 nitrogen and oxygen atoms in total. The molecule has 0 radical (unpaired) electrons. The van der Waals surface area contributed by atoms with Gasteiger partial charge in [-0.1, -0.05) is 48.5 Å². The highest BCUT2D eigenvalue weighted by Gasteiger charge is 2.10. The number of para-hydroxylation sites is 2. The minimum Gasteiger partial charge on any atom is -0.507 e. The number of allylic oxidation sites excluding steroid dienone is 1. The van der Waals surface area contributed by atoms with Crippen molar-refractivity contribution in [2.24, 2.45) is 5.10 Å². The number of aryl methyl sites for hydroxylation is 1. The van der Waals surface area contributed by atoms with Crippen molar-refractivity contribution in [2.75, 3.05) is 0 Å². The SMILES string of the molecule is C=CCc1ccc(C=NNC(=O)CCn2c3ccccc3c3ccccc32)c(O)c1. The Morgan fingerprint density at radius 2 is 1.70 bits per heavy atom. The fourth-order valence-corrected chi connectivity index (χ4v) is 3.68. The van der Waals surface area contributed by atoms with Gasteiger partial charge in [-0.3, -0.25) is 4.79 Å². The van der Waals surface area contributed by atoms with Crippen molar-refractivity contribution in [3.63, 3.8) is 0 Å². The third kappa shape index (κ3) is 3.96. The van der Waals surface area contributed by atoms with E-state index in [1.54, 1.807) is 18.2 Å². The van der Waals surface area contributed by atoms with E-state index in [1.807, 2.05) is 30.3 Å². The minimum absolute atomic E-state index is 0.123. The first kappa shape index (κ1) is 19.5. The first-order chi connectivity index (χ1) is 14.7. The van der Waals surface area contributed by atoms with Crippen LogP contribution in [0, 0.1) is 0 Å². The molecule has 3 aromatic carbocycles. The summed E-state index contributed by atoms with van der Waals surface area (Å²) in [6, 6.07) is 21.8. The number of hydrogen-bond acceptors (Lipinski definition) is 3. The lowest BCUT2D eigenvalue weighted by atomic mass is 10.1. The molecule has 5 heteroatoms. The van der Waals surface area contributed by atoms with Gasteiger partial charge in [-0.2, -0.15) is 5.10 Å². The van der Waals surface area contributed by atoms with Crippen molar-refractivity contribution in [1.82, 2.24) is 9.99 Å². The van der Waals surface area contributed by atoms with Crippen LogP contribution in [0.3, 0.4) is 0 Å². The summed E-state index contributed by atoms with van der Waals surface area (Å²) in [6.45, 7) is 4.24. The Bertz CT molecular complexity index is 1200. The van der Waals surface area contributed by atoms with Crippen LogP contribution in [0.5, 0.6) is 5.75 Å². The topological polar surface area (TPSA) is 66.6 Å². The summed E-state index contributed by atoms with van der Waals surface area (Å²) in [4.78, 5) is 12.3. The molecule has 2 N–H and O–H groups in total. The van der Waals surface area contributed by atoms with Gasteiger partial charge >= 0.3 is 0 Å². The largest absolute Gasteiger partial charge is 0.507 e. The van der Waals surface area contributed by atoms with Gasteiger partial charge in [0.15, 0.2) is 0 Å². The number of carbonyl (C=O) groups excluding carboxylic acids is 1. The van der Waals surface area contributed by atoms with Gasteiger partial charge in [0, 0.05) is 40.3 Å². The van der Waals surface area contributed by atoms with Gasteiger partial charge in [0.05, 0.1) is 6.21 Å². The van der Waals surface area contributed by atoms with E-state index in [0.717, 1.165) is 16.6 Å². The zero-order valence-corrected chi connectivity index (χ0v) is 16.6. The number of nitrogens with one attached hydrogen (secondary N) is 1. The third-order valence-corrected chi connectivity index (χ3v) is 5.11. The molecule has 0 aliphatic rings. The van der Waals surface area contributed by atoms with Gasteiger partial charge in [0.2, 0.25) is 5.91 Å². The summed E-state index contributed by atoms with van der Waals surface area (Å²) in [7, 11) is 0. The first-order valence-electron chi connectivity index (χ1n) is 9.88. The standard InChI is InChI=1S/C25H23N3O2/c1-2-7-18-12-13-19(24(29)16-18)17-26-27-25(30)14-15-28-22-10-5-3-8-20(22)21-9-4-6-11-23(21)28/h2-6,8-13,16-17,29H,1,7,14-15H2,(H,27,30). The average Bonchev–Trinajstić information content (AvgIpc) is 3.08. The van der Waals surface area contributed by atoms with Gasteiger partial charge in [0.25, 0.3) is 0 Å². The van der Waals surface area contributed by atoms with Crippen molar-refractivity contribution in [3.8, 4) is 5.75 Å². The number of phenols is 1. The molecule has 0 saturated heterocycles. The zero-order chi connectivity index (χ0) is 20.9. The van der Waals surface area contributed by atoms with Crippen LogP contribution in [-0.4, -0.2) is 21.8 Å². The van der Waals surface area contributed by atoms with E-state index in [-0.39, 0.29) is 11.7 Å². The maximum Gasteiger partial charge on any atom is 0.241 e. The smallest absolute Gasteiger partial charge is 0.241 e. The van der Waals surface area contributed by atoms with E-state index in [2.05, 4.69) is 45.9 Å². The highest BCUT2D eigenvalue weighted by molar-refractivity contribution is 6.08. The fourth-order valence-electron chi connectivity index (χ4n) is 3.68. The predicted octanol–water partition coefficient (Wildman–Crippen LogP) is 4.77. The van der Waals surface area contributed by atoms with Gasteiger partial charge in [-0.25, -0.2) is 5.43 Å². The van der Waals surface area contributed by atoms with Crippen molar-refractivity contribution in [3.05, 3.63) is 90.5 Å². The number of aromatic hydroxyl groups is 1. The Hall–Kier alpha value is -3.86. The molecule has 0 aliphatic carbocycles. The molecule has 4 rings (SSSR count). The molecule has 30 heavy (non-hydrogen) atoms. The lowest BCUT2D eigenvalue weighted by Crippen LogP contribution is -2.19. The number of carbonyl (C=O) groups is 1. The number of aromatic nitrogens is 1. The monoisotopic (exact) mass is 397 g/mol. The molecule has 0 fully saturated rings. The molecule has 1 aromatic heterocycles. The fraction of sp³-hybridized carbons (Fsp3) is 0.120. The maximum atomic E-state index is 12.3. The third-order valence-electron chi connectivity index (χ3n) is 5.11. The van der Waals surface area contributed by atoms with E-state index in [1.165, 1.54) is 17.0 Å². The van der Waals surface area contributed by atoms with E-state index < -0.39 is 0 Å². The van der Waals surface area contributed by atoms with Crippen LogP contribution >= 0.6 is 0 Å². The number of rotatable bonds is 7. The normalized spacial score (nSPS) is 11.3. The number of phenolic OH excluding ortho intramolecular Hbond substituents is 1. The highest BCUT2D eigenvalue weighted by atomic mass is 16.3. The number of hydrazone groups is 1. The Morgan fingerprint density at radius 3 is 2.33 bits per heavy atom. The molecular formula is C25H23N3O2. The van der Waals surface area contributed by atoms with Crippen LogP contribution in [0.2, 0.25) is 0 Å². The quantitative estimate of drug-likeness (QED) is 0.268. The Balaban J connectivity index is 1.43. The number of amides is 1. The summed E-state index contributed by atoms with van der Waals surface area (Å²) in [6.07, 6.45) is 4.21. The zero-order valence-electron chi connectivity index (χ0n) is 16.6. The lowest BCUT2D eigenvalue weighted by molar-refractivity contribution is -0.121. The van der Waals surface area contributed by atoms with E-state index in [0.29, 0.717) is 24.9 Å². The van der Waals surface area contributed by atoms with E-state index in [4.69, 9.17) is 0 Å². The maximum absolute atomic E-state index is 12.3. The molecule has 150 valence electrons.